The van der Waals surface area contributed by atoms with Crippen molar-refractivity contribution >= 4 is 5.91 Å². The maximum atomic E-state index is 12.2. The lowest BCUT2D eigenvalue weighted by Gasteiger charge is -2.42. The highest BCUT2D eigenvalue weighted by Crippen LogP contribution is 2.31. The predicted molar refractivity (Wildman–Crippen MR) is 83.7 cm³/mol. The lowest BCUT2D eigenvalue weighted by molar-refractivity contribution is -0.128. The van der Waals surface area contributed by atoms with Crippen molar-refractivity contribution in [3.63, 3.8) is 0 Å². The number of nitrogens with one attached hydrogen (secondary N) is 1. The topological polar surface area (TPSA) is 71.2 Å². The minimum absolute atomic E-state index is 0.0117. The third-order valence-corrected chi connectivity index (χ3v) is 4.38. The van der Waals surface area contributed by atoms with Crippen LogP contribution in [-0.2, 0) is 4.79 Å². The molecule has 1 aliphatic rings. The Balaban J connectivity index is 2.32. The maximum Gasteiger partial charge on any atom is 0.237 e. The Morgan fingerprint density at radius 3 is 2.81 bits per heavy atom. The number of amides is 1. The molecule has 0 bridgehead atoms. The van der Waals surface area contributed by atoms with Crippen LogP contribution in [0.2, 0.25) is 0 Å². The minimum atomic E-state index is -0.0838. The smallest absolute Gasteiger partial charge is 0.237 e. The number of rotatable bonds is 5. The van der Waals surface area contributed by atoms with Crippen LogP contribution < -0.4 is 11.1 Å². The summed E-state index contributed by atoms with van der Waals surface area (Å²) in [5, 5.41) is 2.79. The standard InChI is InChI=1S/C16H26N4O/c1-3-13(17)15(12-7-9-19-10-8-12)20-11-5-4-6-14(20)16(21)18-2/h7-10,13-15H,3-6,11,17H2,1-2H3,(H,18,21). The normalized spacial score (nSPS) is 22.5. The number of nitrogens with two attached hydrogens (primary N) is 1. The first-order valence-electron chi connectivity index (χ1n) is 7.81. The van der Waals surface area contributed by atoms with Gasteiger partial charge in [-0.3, -0.25) is 14.7 Å². The molecule has 2 rings (SSSR count). The Bertz CT molecular complexity index is 451. The van der Waals surface area contributed by atoms with Crippen LogP contribution in [0.25, 0.3) is 0 Å². The Morgan fingerprint density at radius 1 is 1.48 bits per heavy atom. The van der Waals surface area contributed by atoms with E-state index in [0.29, 0.717) is 0 Å². The molecular formula is C16H26N4O. The van der Waals surface area contributed by atoms with Crippen molar-refractivity contribution in [1.82, 2.24) is 15.2 Å². The third kappa shape index (κ3) is 3.60. The van der Waals surface area contributed by atoms with E-state index in [1.807, 2.05) is 12.1 Å². The second-order valence-corrected chi connectivity index (χ2v) is 5.66. The van der Waals surface area contributed by atoms with Crippen LogP contribution >= 0.6 is 0 Å². The van der Waals surface area contributed by atoms with E-state index in [2.05, 4.69) is 22.1 Å². The summed E-state index contributed by atoms with van der Waals surface area (Å²) in [4.78, 5) is 18.6. The second kappa shape index (κ2) is 7.52. The van der Waals surface area contributed by atoms with Crippen LogP contribution in [0, 0.1) is 0 Å². The van der Waals surface area contributed by atoms with Gasteiger partial charge >= 0.3 is 0 Å². The number of aromatic nitrogens is 1. The van der Waals surface area contributed by atoms with Gasteiger partial charge in [-0.1, -0.05) is 13.3 Å². The maximum absolute atomic E-state index is 12.2. The number of hydrogen-bond acceptors (Lipinski definition) is 4. The molecule has 3 unspecified atom stereocenters. The zero-order chi connectivity index (χ0) is 15.2. The molecule has 0 aliphatic carbocycles. The summed E-state index contributed by atoms with van der Waals surface area (Å²) >= 11 is 0. The molecule has 0 saturated carbocycles. The number of nitrogens with zero attached hydrogens (tertiary/aromatic N) is 2. The van der Waals surface area contributed by atoms with Crippen molar-refractivity contribution in [2.75, 3.05) is 13.6 Å². The first kappa shape index (κ1) is 15.9. The Labute approximate surface area is 126 Å². The first-order valence-corrected chi connectivity index (χ1v) is 7.81. The lowest BCUT2D eigenvalue weighted by Crippen LogP contribution is -2.53. The molecule has 21 heavy (non-hydrogen) atoms. The molecule has 1 saturated heterocycles. The van der Waals surface area contributed by atoms with Crippen LogP contribution in [0.5, 0.6) is 0 Å². The molecular weight excluding hydrogens is 264 g/mol. The second-order valence-electron chi connectivity index (χ2n) is 5.66. The molecule has 5 heteroatoms. The molecule has 116 valence electrons. The minimum Gasteiger partial charge on any atom is -0.358 e. The van der Waals surface area contributed by atoms with Gasteiger partial charge in [-0.2, -0.15) is 0 Å². The zero-order valence-corrected chi connectivity index (χ0v) is 13.0. The van der Waals surface area contributed by atoms with Crippen molar-refractivity contribution in [2.45, 2.75) is 50.7 Å². The summed E-state index contributed by atoms with van der Waals surface area (Å²) < 4.78 is 0. The van der Waals surface area contributed by atoms with Crippen LogP contribution in [0.4, 0.5) is 0 Å². The number of piperidine rings is 1. The number of carbonyl (C=O) groups excluding carboxylic acids is 1. The molecule has 1 aliphatic heterocycles. The molecule has 1 amide bonds. The van der Waals surface area contributed by atoms with Crippen molar-refractivity contribution in [3.05, 3.63) is 30.1 Å². The van der Waals surface area contributed by atoms with Gasteiger partial charge < -0.3 is 11.1 Å². The van der Waals surface area contributed by atoms with Gasteiger partial charge in [0.1, 0.15) is 0 Å². The van der Waals surface area contributed by atoms with E-state index in [-0.39, 0.29) is 24.0 Å². The van der Waals surface area contributed by atoms with Crippen molar-refractivity contribution in [1.29, 1.82) is 0 Å². The lowest BCUT2D eigenvalue weighted by atomic mass is 9.91. The van der Waals surface area contributed by atoms with Gasteiger partial charge in [0.2, 0.25) is 5.91 Å². The summed E-state index contributed by atoms with van der Waals surface area (Å²) in [6.07, 6.45) is 7.58. The molecule has 1 aromatic rings. The fraction of sp³-hybridized carbons (Fsp3) is 0.625. The van der Waals surface area contributed by atoms with Crippen LogP contribution in [0.1, 0.15) is 44.2 Å². The molecule has 3 atom stereocenters. The third-order valence-electron chi connectivity index (χ3n) is 4.38. The zero-order valence-electron chi connectivity index (χ0n) is 13.0. The van der Waals surface area contributed by atoms with Gasteiger partial charge in [-0.05, 0) is 43.5 Å². The van der Waals surface area contributed by atoms with E-state index in [9.17, 15) is 4.79 Å². The molecule has 1 fully saturated rings. The van der Waals surface area contributed by atoms with E-state index >= 15 is 0 Å². The van der Waals surface area contributed by atoms with Gasteiger partial charge in [0.05, 0.1) is 12.1 Å². The Hall–Kier alpha value is -1.46. The van der Waals surface area contributed by atoms with Gasteiger partial charge in [-0.15, -0.1) is 0 Å². The average molecular weight is 290 g/mol. The summed E-state index contributed by atoms with van der Waals surface area (Å²) in [5.41, 5.74) is 7.54. The van der Waals surface area contributed by atoms with Gasteiger partial charge in [0, 0.05) is 25.5 Å². The summed E-state index contributed by atoms with van der Waals surface area (Å²) in [6.45, 7) is 3.01. The number of carbonyl (C=O) groups is 1. The highest BCUT2D eigenvalue weighted by Gasteiger charge is 2.36. The Morgan fingerprint density at radius 2 is 2.19 bits per heavy atom. The van der Waals surface area contributed by atoms with Gasteiger partial charge in [0.25, 0.3) is 0 Å². The SMILES string of the molecule is CCC(N)C(c1ccncc1)N1CCCCC1C(=O)NC. The summed E-state index contributed by atoms with van der Waals surface area (Å²) in [6, 6.07) is 4.02. The number of pyridine rings is 1. The van der Waals surface area contributed by atoms with Crippen LogP contribution in [0.15, 0.2) is 24.5 Å². The van der Waals surface area contributed by atoms with Crippen LogP contribution in [-0.4, -0.2) is 41.5 Å². The monoisotopic (exact) mass is 290 g/mol. The van der Waals surface area contributed by atoms with Gasteiger partial charge in [0.15, 0.2) is 0 Å². The first-order chi connectivity index (χ1) is 10.2. The number of hydrogen-bond donors (Lipinski definition) is 2. The molecule has 1 aromatic heterocycles. The Kier molecular flexibility index (Phi) is 5.70. The predicted octanol–water partition coefficient (Wildman–Crippen LogP) is 1.46. The highest BCUT2D eigenvalue weighted by atomic mass is 16.2. The largest absolute Gasteiger partial charge is 0.358 e. The van der Waals surface area contributed by atoms with Gasteiger partial charge in [-0.25, -0.2) is 0 Å². The fourth-order valence-corrected chi connectivity index (χ4v) is 3.20. The van der Waals surface area contributed by atoms with Crippen molar-refractivity contribution in [2.24, 2.45) is 5.73 Å². The van der Waals surface area contributed by atoms with E-state index in [1.165, 1.54) is 0 Å². The molecule has 3 N–H and O–H groups in total. The molecule has 2 heterocycles. The van der Waals surface area contributed by atoms with Crippen molar-refractivity contribution in [3.8, 4) is 0 Å². The van der Waals surface area contributed by atoms with E-state index in [4.69, 9.17) is 5.73 Å². The van der Waals surface area contributed by atoms with E-state index in [0.717, 1.165) is 37.8 Å². The van der Waals surface area contributed by atoms with E-state index in [1.54, 1.807) is 19.4 Å². The highest BCUT2D eigenvalue weighted by molar-refractivity contribution is 5.81. The molecule has 5 nitrogen and oxygen atoms in total. The fourth-order valence-electron chi connectivity index (χ4n) is 3.20. The molecule has 0 radical (unpaired) electrons. The quantitative estimate of drug-likeness (QED) is 0.861. The molecule has 0 aromatic carbocycles. The number of likely N-dealkylation sites (N-methyl/N-ethyl adjacent to an activating group) is 1. The van der Waals surface area contributed by atoms with Crippen LogP contribution in [0.3, 0.4) is 0 Å². The summed E-state index contributed by atoms with van der Waals surface area (Å²) in [7, 11) is 1.70. The molecule has 0 spiro atoms. The van der Waals surface area contributed by atoms with Crippen molar-refractivity contribution < 1.29 is 4.79 Å². The number of likely N-dealkylation sites (tertiary alicyclic amines) is 1. The summed E-state index contributed by atoms with van der Waals surface area (Å²) in [5.74, 6) is 0.0945. The average Bonchev–Trinajstić information content (AvgIpc) is 2.55. The van der Waals surface area contributed by atoms with E-state index < -0.39 is 0 Å².